The summed E-state index contributed by atoms with van der Waals surface area (Å²) in [6.07, 6.45) is 2.34. The van der Waals surface area contributed by atoms with Crippen molar-refractivity contribution < 1.29 is 8.42 Å². The Balaban J connectivity index is 1.92. The van der Waals surface area contributed by atoms with Crippen molar-refractivity contribution in [2.75, 3.05) is 6.54 Å². The maximum absolute atomic E-state index is 13.4. The molecule has 1 heterocycles. The van der Waals surface area contributed by atoms with Crippen molar-refractivity contribution in [3.8, 4) is 0 Å². The van der Waals surface area contributed by atoms with Gasteiger partial charge in [-0.15, -0.1) is 0 Å². The van der Waals surface area contributed by atoms with Crippen molar-refractivity contribution in [3.63, 3.8) is 0 Å². The third-order valence-electron chi connectivity index (χ3n) is 4.51. The van der Waals surface area contributed by atoms with Gasteiger partial charge in [-0.3, -0.25) is 4.98 Å². The first-order valence-electron chi connectivity index (χ1n) is 8.98. The van der Waals surface area contributed by atoms with Gasteiger partial charge in [0.2, 0.25) is 10.0 Å². The number of sulfonamides is 1. The third-order valence-corrected chi connectivity index (χ3v) is 6.51. The van der Waals surface area contributed by atoms with Crippen molar-refractivity contribution in [2.24, 2.45) is 0 Å². The first kappa shape index (κ1) is 19.3. The molecule has 0 atom stereocenters. The van der Waals surface area contributed by atoms with E-state index in [1.54, 1.807) is 12.3 Å². The highest BCUT2D eigenvalue weighted by molar-refractivity contribution is 7.89. The lowest BCUT2D eigenvalue weighted by Crippen LogP contribution is -2.33. The van der Waals surface area contributed by atoms with Crippen molar-refractivity contribution in [1.82, 2.24) is 9.29 Å². The van der Waals surface area contributed by atoms with Gasteiger partial charge in [-0.1, -0.05) is 54.1 Å². The zero-order valence-electron chi connectivity index (χ0n) is 15.7. The van der Waals surface area contributed by atoms with Gasteiger partial charge in [-0.2, -0.15) is 4.31 Å². The summed E-state index contributed by atoms with van der Waals surface area (Å²) < 4.78 is 28.3. The highest BCUT2D eigenvalue weighted by Crippen LogP contribution is 2.23. The van der Waals surface area contributed by atoms with Crippen LogP contribution in [0.15, 0.2) is 77.8 Å². The molecule has 0 aliphatic rings. The van der Waals surface area contributed by atoms with E-state index >= 15 is 0 Å². The number of pyridine rings is 1. The molecule has 0 aliphatic heterocycles. The van der Waals surface area contributed by atoms with Crippen molar-refractivity contribution >= 4 is 10.0 Å². The summed E-state index contributed by atoms with van der Waals surface area (Å²) in [5.41, 5.74) is 3.66. The highest BCUT2D eigenvalue weighted by Gasteiger charge is 2.26. The predicted molar refractivity (Wildman–Crippen MR) is 108 cm³/mol. The third kappa shape index (κ3) is 4.81. The Labute approximate surface area is 161 Å². The van der Waals surface area contributed by atoms with Crippen LogP contribution in [0.4, 0.5) is 0 Å². The Kier molecular flexibility index (Phi) is 6.04. The second-order valence-electron chi connectivity index (χ2n) is 6.66. The van der Waals surface area contributed by atoms with Crippen LogP contribution in [-0.4, -0.2) is 24.3 Å². The summed E-state index contributed by atoms with van der Waals surface area (Å²) in [4.78, 5) is 4.67. The molecule has 0 bridgehead atoms. The van der Waals surface area contributed by atoms with Crippen molar-refractivity contribution in [3.05, 3.63) is 95.3 Å². The second kappa shape index (κ2) is 8.46. The summed E-state index contributed by atoms with van der Waals surface area (Å²) >= 11 is 0. The Morgan fingerprint density at radius 2 is 1.67 bits per heavy atom. The summed E-state index contributed by atoms with van der Waals surface area (Å²) in [6, 6.07) is 20.9. The number of aromatic nitrogens is 1. The molecule has 4 nitrogen and oxygen atoms in total. The van der Waals surface area contributed by atoms with Gasteiger partial charge in [-0.05, 0) is 49.6 Å². The SMILES string of the molecule is Cc1ccc(S(=O)(=O)N(CCc2ccccc2)Cc2ccccn2)c(C)c1. The van der Waals surface area contributed by atoms with E-state index in [2.05, 4.69) is 4.98 Å². The molecule has 27 heavy (non-hydrogen) atoms. The van der Waals surface area contributed by atoms with Gasteiger partial charge in [0.05, 0.1) is 17.1 Å². The highest BCUT2D eigenvalue weighted by atomic mass is 32.2. The topological polar surface area (TPSA) is 50.3 Å². The summed E-state index contributed by atoms with van der Waals surface area (Å²) in [5, 5.41) is 0. The minimum absolute atomic E-state index is 0.253. The molecule has 0 saturated heterocycles. The van der Waals surface area contributed by atoms with Crippen LogP contribution in [-0.2, 0) is 23.0 Å². The number of hydrogen-bond donors (Lipinski definition) is 0. The molecular formula is C22H24N2O2S. The van der Waals surface area contributed by atoms with E-state index in [0.717, 1.165) is 22.4 Å². The van der Waals surface area contributed by atoms with E-state index < -0.39 is 10.0 Å². The minimum atomic E-state index is -3.62. The van der Waals surface area contributed by atoms with Crippen LogP contribution in [0.5, 0.6) is 0 Å². The number of hydrogen-bond acceptors (Lipinski definition) is 3. The Bertz CT molecular complexity index is 987. The Morgan fingerprint density at radius 1 is 0.926 bits per heavy atom. The molecule has 0 amide bonds. The van der Waals surface area contributed by atoms with E-state index in [1.165, 1.54) is 4.31 Å². The normalized spacial score (nSPS) is 11.7. The maximum atomic E-state index is 13.4. The molecule has 0 radical (unpaired) electrons. The fourth-order valence-electron chi connectivity index (χ4n) is 3.08. The fraction of sp³-hybridized carbons (Fsp3) is 0.227. The smallest absolute Gasteiger partial charge is 0.243 e. The van der Waals surface area contributed by atoms with E-state index in [1.807, 2.05) is 74.5 Å². The molecule has 3 rings (SSSR count). The predicted octanol–water partition coefficient (Wildman–Crippen LogP) is 4.13. The molecule has 0 N–H and O–H groups in total. The molecule has 0 spiro atoms. The molecule has 0 unspecified atom stereocenters. The number of benzene rings is 2. The molecule has 140 valence electrons. The van der Waals surface area contributed by atoms with E-state index in [9.17, 15) is 8.42 Å². The molecule has 2 aromatic carbocycles. The minimum Gasteiger partial charge on any atom is -0.260 e. The number of nitrogens with zero attached hydrogens (tertiary/aromatic N) is 2. The molecular weight excluding hydrogens is 356 g/mol. The van der Waals surface area contributed by atoms with Crippen LogP contribution in [0, 0.1) is 13.8 Å². The first-order valence-corrected chi connectivity index (χ1v) is 10.4. The van der Waals surface area contributed by atoms with Gasteiger partial charge >= 0.3 is 0 Å². The summed E-state index contributed by atoms with van der Waals surface area (Å²) in [6.45, 7) is 4.46. The lowest BCUT2D eigenvalue weighted by molar-refractivity contribution is 0.405. The quantitative estimate of drug-likeness (QED) is 0.619. The standard InChI is InChI=1S/C22H24N2O2S/c1-18-11-12-22(19(2)16-18)27(25,26)24(17-21-10-6-7-14-23-21)15-13-20-8-4-3-5-9-20/h3-12,14,16H,13,15,17H2,1-2H3. The molecule has 5 heteroatoms. The van der Waals surface area contributed by atoms with Gasteiger partial charge in [0.25, 0.3) is 0 Å². The molecule has 3 aromatic rings. The van der Waals surface area contributed by atoms with Crippen molar-refractivity contribution in [2.45, 2.75) is 31.7 Å². The monoisotopic (exact) mass is 380 g/mol. The van der Waals surface area contributed by atoms with Gasteiger partial charge in [0.1, 0.15) is 0 Å². The molecule has 1 aromatic heterocycles. The van der Waals surface area contributed by atoms with Crippen LogP contribution < -0.4 is 0 Å². The summed E-state index contributed by atoms with van der Waals surface area (Å²) in [5.74, 6) is 0. The molecule has 0 fully saturated rings. The zero-order valence-corrected chi connectivity index (χ0v) is 16.5. The lowest BCUT2D eigenvalue weighted by atomic mass is 10.1. The van der Waals surface area contributed by atoms with Gasteiger partial charge in [0.15, 0.2) is 0 Å². The zero-order chi connectivity index (χ0) is 19.3. The largest absolute Gasteiger partial charge is 0.260 e. The average molecular weight is 381 g/mol. The number of rotatable bonds is 7. The van der Waals surface area contributed by atoms with Gasteiger partial charge in [0, 0.05) is 12.7 Å². The van der Waals surface area contributed by atoms with Crippen LogP contribution >= 0.6 is 0 Å². The van der Waals surface area contributed by atoms with Crippen LogP contribution in [0.1, 0.15) is 22.4 Å². The fourth-order valence-corrected chi connectivity index (χ4v) is 4.70. The van der Waals surface area contributed by atoms with Crippen LogP contribution in [0.25, 0.3) is 0 Å². The second-order valence-corrected chi connectivity index (χ2v) is 8.57. The molecule has 0 saturated carbocycles. The maximum Gasteiger partial charge on any atom is 0.243 e. The Morgan fingerprint density at radius 3 is 2.33 bits per heavy atom. The lowest BCUT2D eigenvalue weighted by Gasteiger charge is -2.23. The van der Waals surface area contributed by atoms with Gasteiger partial charge < -0.3 is 0 Å². The van der Waals surface area contributed by atoms with E-state index in [-0.39, 0.29) is 6.54 Å². The summed E-state index contributed by atoms with van der Waals surface area (Å²) in [7, 11) is -3.62. The molecule has 0 aliphatic carbocycles. The van der Waals surface area contributed by atoms with E-state index in [4.69, 9.17) is 0 Å². The van der Waals surface area contributed by atoms with Crippen LogP contribution in [0.3, 0.4) is 0 Å². The number of aryl methyl sites for hydroxylation is 2. The average Bonchev–Trinajstić information content (AvgIpc) is 2.66. The Hall–Kier alpha value is -2.50. The van der Waals surface area contributed by atoms with Crippen molar-refractivity contribution in [1.29, 1.82) is 0 Å². The van der Waals surface area contributed by atoms with Crippen LogP contribution in [0.2, 0.25) is 0 Å². The van der Waals surface area contributed by atoms with Gasteiger partial charge in [-0.25, -0.2) is 8.42 Å². The first-order chi connectivity index (χ1) is 13.0. The van der Waals surface area contributed by atoms with E-state index in [0.29, 0.717) is 17.9 Å².